The first-order valence-electron chi connectivity index (χ1n) is 33.8. The van der Waals surface area contributed by atoms with Gasteiger partial charge in [-0.1, -0.05) is 60.7 Å². The number of aromatic nitrogens is 2. The van der Waals surface area contributed by atoms with E-state index in [0.717, 1.165) is 6.92 Å². The molecule has 4 aromatic carbocycles. The molecular formula is C71H90N14O18S2. The first-order valence-corrected chi connectivity index (χ1v) is 36.6. The molecule has 0 saturated carbocycles. The van der Waals surface area contributed by atoms with Crippen LogP contribution in [-0.2, 0) is 88.0 Å². The van der Waals surface area contributed by atoms with Crippen LogP contribution >= 0.6 is 23.5 Å². The molecule has 0 spiro atoms. The zero-order valence-electron chi connectivity index (χ0n) is 58.4. The number of phenolic OH excluding ortho intramolecular Hbond substituents is 2. The number of aliphatic carboxylic acids is 1. The number of benzene rings is 4. The monoisotopic (exact) mass is 1490 g/mol. The third kappa shape index (κ3) is 23.9. The number of aromatic hydroxyl groups is 2. The fraction of sp³-hybridized carbons (Fsp3) is 0.423. The Hall–Kier alpha value is -10.7. The number of likely N-dealkylation sites (tertiary alicyclic amines) is 1. The lowest BCUT2D eigenvalue weighted by molar-refractivity contribution is -0.142. The number of aliphatic hydroxyl groups is 2. The summed E-state index contributed by atoms with van der Waals surface area (Å²) in [6, 6.07) is 10.4. The quantitative estimate of drug-likeness (QED) is 0.0221. The lowest BCUT2D eigenvalue weighted by Crippen LogP contribution is -2.61. The Kier molecular flexibility index (Phi) is 30.5. The topological polar surface area (TPSA) is 504 Å². The molecule has 12 atom stereocenters. The van der Waals surface area contributed by atoms with E-state index in [1.807, 2.05) is 0 Å². The van der Waals surface area contributed by atoms with Crippen molar-refractivity contribution in [2.24, 2.45) is 5.73 Å². The number of amides is 12. The summed E-state index contributed by atoms with van der Waals surface area (Å²) in [7, 11) is 0. The molecule has 12 amide bonds. The summed E-state index contributed by atoms with van der Waals surface area (Å²) >= 11 is 2.66. The number of nitrogens with two attached hydrogens (primary N) is 1. The van der Waals surface area contributed by atoms with Gasteiger partial charge >= 0.3 is 5.97 Å². The van der Waals surface area contributed by atoms with Crippen molar-refractivity contribution in [2.75, 3.05) is 37.1 Å². The average Bonchev–Trinajstić information content (AvgIpc) is 1.77. The third-order valence-corrected chi connectivity index (χ3v) is 18.7. The summed E-state index contributed by atoms with van der Waals surface area (Å²) in [5.41, 5.74) is 8.59. The van der Waals surface area contributed by atoms with Gasteiger partial charge in [0.05, 0.1) is 25.2 Å². The highest BCUT2D eigenvalue weighted by Crippen LogP contribution is 2.24. The number of nitrogens with zero attached hydrogens (tertiary/aromatic N) is 1. The highest BCUT2D eigenvalue weighted by molar-refractivity contribution is 7.98. The van der Waals surface area contributed by atoms with Crippen LogP contribution in [0.1, 0.15) is 75.1 Å². The molecule has 3 heterocycles. The van der Waals surface area contributed by atoms with E-state index < -0.39 is 162 Å². The van der Waals surface area contributed by atoms with Crippen molar-refractivity contribution < 1.29 is 87.9 Å². The largest absolute Gasteiger partial charge is 0.508 e. The second kappa shape index (κ2) is 39.2. The van der Waals surface area contributed by atoms with Crippen molar-refractivity contribution in [3.05, 3.63) is 132 Å². The number of primary amides is 1. The first-order chi connectivity index (χ1) is 50.0. The van der Waals surface area contributed by atoms with Crippen LogP contribution in [-0.4, -0.2) is 227 Å². The summed E-state index contributed by atoms with van der Waals surface area (Å²) in [6.45, 7) is 2.79. The lowest BCUT2D eigenvalue weighted by atomic mass is 10.0. The van der Waals surface area contributed by atoms with Crippen molar-refractivity contribution in [1.82, 2.24) is 68.0 Å². The second-order valence-corrected chi connectivity index (χ2v) is 27.4. The van der Waals surface area contributed by atoms with E-state index >= 15 is 0 Å². The summed E-state index contributed by atoms with van der Waals surface area (Å²) in [5.74, 6) is -12.2. The molecule has 6 aromatic rings. The Labute approximate surface area is 612 Å². The normalized spacial score (nSPS) is 15.8. The van der Waals surface area contributed by atoms with E-state index in [1.54, 1.807) is 73.4 Å². The van der Waals surface area contributed by atoms with Crippen LogP contribution in [0.4, 0.5) is 0 Å². The number of carbonyl (C=O) groups excluding carboxylic acids is 12. The summed E-state index contributed by atoms with van der Waals surface area (Å²) in [6.07, 6.45) is 2.36. The molecule has 1 fully saturated rings. The maximum atomic E-state index is 15.0. The van der Waals surface area contributed by atoms with Gasteiger partial charge in [-0.2, -0.15) is 23.5 Å². The minimum absolute atomic E-state index is 0.0482. The van der Waals surface area contributed by atoms with Crippen molar-refractivity contribution >= 4 is 122 Å². The van der Waals surface area contributed by atoms with Gasteiger partial charge < -0.3 is 99.3 Å². The fourth-order valence-electron chi connectivity index (χ4n) is 12.0. The van der Waals surface area contributed by atoms with Crippen molar-refractivity contribution in [2.45, 2.75) is 151 Å². The molecule has 564 valence electrons. The molecule has 7 rings (SSSR count). The number of nitrogens with one attached hydrogen (secondary N) is 12. The van der Waals surface area contributed by atoms with Crippen molar-refractivity contribution in [3.63, 3.8) is 0 Å². The van der Waals surface area contributed by atoms with Gasteiger partial charge in [0.25, 0.3) is 0 Å². The number of phenols is 2. The SMILES string of the molecule is CSCC[C@H](NC(=O)[C@H](Cc1ccc(O)cc1)NC(=O)[C@@H](NC(C)=O)[C@@H](C)O)C(=O)N[C@@H](Cc1c[nH]c2ccccc12)C(=O)N[C@@H](CC(=O)O)C(=O)NCC(=O)N[C@@H](Cc1c[nH]c2ccccc12)C(=O)N[C@@H](Cc1ccc(O)cc1)C(=O)N[C@@H](CCSC)C(=O)N1CCC[C@H]1C(=O)N[C@H](C(N)=O)[C@@H](C)O. The van der Waals surface area contributed by atoms with Gasteiger partial charge in [0, 0.05) is 73.4 Å². The number of hydrogen-bond donors (Lipinski definition) is 18. The van der Waals surface area contributed by atoms with Crippen LogP contribution in [0, 0.1) is 0 Å². The molecule has 2 aromatic heterocycles. The van der Waals surface area contributed by atoms with Crippen LogP contribution in [0.25, 0.3) is 21.8 Å². The maximum absolute atomic E-state index is 15.0. The maximum Gasteiger partial charge on any atom is 0.305 e. The van der Waals surface area contributed by atoms with Crippen LogP contribution in [0.3, 0.4) is 0 Å². The van der Waals surface area contributed by atoms with E-state index in [2.05, 4.69) is 63.1 Å². The van der Waals surface area contributed by atoms with E-state index in [4.69, 9.17) is 5.73 Å². The van der Waals surface area contributed by atoms with Crippen LogP contribution < -0.4 is 58.9 Å². The summed E-state index contributed by atoms with van der Waals surface area (Å²) in [5, 5.41) is 77.7. The standard InChI is InChI=1S/C71H90N14O18S2/c1-37(86)60(62(72)94)84-69(101)57-15-10-26-85(57)71(103)51(25-28-105-5)79-66(98)52(29-40-16-20-44(89)21-17-40)80-67(99)54(31-42-34-73-48-13-8-6-11-46(42)48)77-58(91)36-75-63(95)56(33-59(92)93)82-68(100)55(32-43-35-74-49-14-9-7-12-47(43)49)81-64(96)50(24-27-104-4)78-65(97)53(30-41-18-22-45(90)23-19-41)83-70(102)61(38(2)87)76-39(3)88/h6-9,11-14,16-23,34-35,37-38,50-57,60-61,73-74,86-87,89-90H,10,15,24-33,36H2,1-5H3,(H2,72,94)(H,75,95)(H,76,88)(H,77,91)(H,78,97)(H,79,98)(H,80,99)(H,81,96)(H,82,100)(H,83,102)(H,84,101)(H,92,93)/t37-,38-,50+,51+,52+,53+,54+,55+,56+,57+,60+,61+/m1/s1. The number of H-pyrrole nitrogens is 2. The first kappa shape index (κ1) is 81.6. The molecule has 34 heteroatoms. The van der Waals surface area contributed by atoms with Crippen LogP contribution in [0.5, 0.6) is 11.5 Å². The van der Waals surface area contributed by atoms with Crippen molar-refractivity contribution in [3.8, 4) is 11.5 Å². The van der Waals surface area contributed by atoms with Gasteiger partial charge in [0.2, 0.25) is 70.9 Å². The molecule has 19 N–H and O–H groups in total. The molecule has 105 heavy (non-hydrogen) atoms. The Morgan fingerprint density at radius 2 is 0.952 bits per heavy atom. The Morgan fingerprint density at radius 3 is 1.42 bits per heavy atom. The Balaban J connectivity index is 1.12. The molecule has 32 nitrogen and oxygen atoms in total. The molecule has 0 aliphatic carbocycles. The summed E-state index contributed by atoms with van der Waals surface area (Å²) in [4.78, 5) is 188. The Bertz CT molecular complexity index is 4080. The van der Waals surface area contributed by atoms with E-state index in [0.29, 0.717) is 56.2 Å². The third-order valence-electron chi connectivity index (χ3n) is 17.5. The predicted octanol–water partition coefficient (Wildman–Crippen LogP) is -0.951. The number of para-hydroxylation sites is 2. The zero-order chi connectivity index (χ0) is 76.6. The van der Waals surface area contributed by atoms with Crippen LogP contribution in [0.15, 0.2) is 109 Å². The number of hydrogen-bond acceptors (Lipinski definition) is 19. The molecule has 1 aliphatic rings. The number of aromatic amines is 2. The lowest BCUT2D eigenvalue weighted by Gasteiger charge is -2.31. The van der Waals surface area contributed by atoms with E-state index in [9.17, 15) is 87.9 Å². The molecule has 1 aliphatic heterocycles. The van der Waals surface area contributed by atoms with Gasteiger partial charge in [0.1, 0.15) is 71.9 Å². The van der Waals surface area contributed by atoms with Gasteiger partial charge in [-0.25, -0.2) is 0 Å². The number of fused-ring (bicyclic) bond motifs is 2. The molecule has 1 saturated heterocycles. The number of carbonyl (C=O) groups is 13. The highest BCUT2D eigenvalue weighted by Gasteiger charge is 2.41. The van der Waals surface area contributed by atoms with Gasteiger partial charge in [-0.15, -0.1) is 0 Å². The number of carboxylic acid groups (broad SMARTS) is 1. The minimum atomic E-state index is -1.95. The molecule has 0 bridgehead atoms. The minimum Gasteiger partial charge on any atom is -0.508 e. The fourth-order valence-corrected chi connectivity index (χ4v) is 12.9. The Morgan fingerprint density at radius 1 is 0.524 bits per heavy atom. The number of thioether (sulfide) groups is 2. The van der Waals surface area contributed by atoms with Gasteiger partial charge in [-0.3, -0.25) is 62.3 Å². The van der Waals surface area contributed by atoms with E-state index in [1.165, 1.54) is 90.8 Å². The molecular weight excluding hydrogens is 1400 g/mol. The zero-order valence-corrected chi connectivity index (χ0v) is 60.0. The summed E-state index contributed by atoms with van der Waals surface area (Å²) < 4.78 is 0. The molecule has 0 radical (unpaired) electrons. The van der Waals surface area contributed by atoms with Crippen molar-refractivity contribution in [1.29, 1.82) is 0 Å². The van der Waals surface area contributed by atoms with Gasteiger partial charge in [-0.05, 0) is 122 Å². The number of carboxylic acids is 1. The average molecular weight is 1490 g/mol. The highest BCUT2D eigenvalue weighted by atomic mass is 32.2. The number of aliphatic hydroxyl groups excluding tert-OH is 2. The van der Waals surface area contributed by atoms with E-state index in [-0.39, 0.29) is 68.7 Å². The van der Waals surface area contributed by atoms with Gasteiger partial charge in [0.15, 0.2) is 0 Å². The number of rotatable bonds is 39. The molecule has 0 unspecified atom stereocenters. The second-order valence-electron chi connectivity index (χ2n) is 25.5. The van der Waals surface area contributed by atoms with Crippen LogP contribution in [0.2, 0.25) is 0 Å². The smallest absolute Gasteiger partial charge is 0.305 e. The predicted molar refractivity (Wildman–Crippen MR) is 389 cm³/mol.